The highest BCUT2D eigenvalue weighted by atomic mass is 15.3. The molecule has 1 aromatic rings. The first-order valence-corrected chi connectivity index (χ1v) is 5.68. The van der Waals surface area contributed by atoms with Crippen molar-refractivity contribution in [1.29, 1.82) is 0 Å². The highest BCUT2D eigenvalue weighted by Gasteiger charge is 2.23. The molecule has 1 aliphatic rings. The predicted octanol–water partition coefficient (Wildman–Crippen LogP) is 0.0756. The van der Waals surface area contributed by atoms with Crippen LogP contribution in [-0.2, 0) is 6.54 Å². The van der Waals surface area contributed by atoms with Crippen molar-refractivity contribution in [3.63, 3.8) is 0 Å². The molecular formula is C11H19N5. The normalized spacial score (nSPS) is 22.4. The summed E-state index contributed by atoms with van der Waals surface area (Å²) in [4.78, 5) is 4.63. The molecule has 2 heterocycles. The molecule has 1 aliphatic heterocycles. The third kappa shape index (κ3) is 2.15. The lowest BCUT2D eigenvalue weighted by Crippen LogP contribution is -2.50. The van der Waals surface area contributed by atoms with E-state index in [1.54, 1.807) is 6.20 Å². The van der Waals surface area contributed by atoms with Gasteiger partial charge in [-0.15, -0.1) is 5.10 Å². The van der Waals surface area contributed by atoms with Crippen LogP contribution in [0.3, 0.4) is 0 Å². The SMILES string of the molecule is CC1CN(c2nnccc2CN)CCN1C. The summed E-state index contributed by atoms with van der Waals surface area (Å²) in [5, 5.41) is 8.16. The summed E-state index contributed by atoms with van der Waals surface area (Å²) in [6.45, 7) is 5.78. The van der Waals surface area contributed by atoms with Gasteiger partial charge in [0.1, 0.15) is 0 Å². The van der Waals surface area contributed by atoms with Gasteiger partial charge < -0.3 is 15.5 Å². The van der Waals surface area contributed by atoms with Crippen LogP contribution in [0.4, 0.5) is 5.82 Å². The summed E-state index contributed by atoms with van der Waals surface area (Å²) >= 11 is 0. The Morgan fingerprint density at radius 3 is 3.00 bits per heavy atom. The Labute approximate surface area is 96.2 Å². The Morgan fingerprint density at radius 1 is 1.50 bits per heavy atom. The zero-order valence-electron chi connectivity index (χ0n) is 9.93. The van der Waals surface area contributed by atoms with Crippen molar-refractivity contribution in [1.82, 2.24) is 15.1 Å². The number of hydrogen-bond acceptors (Lipinski definition) is 5. The maximum atomic E-state index is 5.71. The molecule has 5 heteroatoms. The Balaban J connectivity index is 2.18. The molecule has 2 N–H and O–H groups in total. The van der Waals surface area contributed by atoms with E-state index in [0.717, 1.165) is 31.0 Å². The Morgan fingerprint density at radius 2 is 2.31 bits per heavy atom. The molecule has 2 rings (SSSR count). The molecule has 1 unspecified atom stereocenters. The van der Waals surface area contributed by atoms with E-state index in [2.05, 4.69) is 34.0 Å². The van der Waals surface area contributed by atoms with E-state index in [0.29, 0.717) is 12.6 Å². The highest BCUT2D eigenvalue weighted by molar-refractivity contribution is 5.46. The van der Waals surface area contributed by atoms with Gasteiger partial charge in [0, 0.05) is 37.8 Å². The average Bonchev–Trinajstić information content (AvgIpc) is 2.32. The molecule has 0 amide bonds. The number of hydrogen-bond donors (Lipinski definition) is 1. The van der Waals surface area contributed by atoms with E-state index in [4.69, 9.17) is 5.73 Å². The zero-order chi connectivity index (χ0) is 11.5. The highest BCUT2D eigenvalue weighted by Crippen LogP contribution is 2.19. The summed E-state index contributed by atoms with van der Waals surface area (Å²) in [5.41, 5.74) is 6.79. The summed E-state index contributed by atoms with van der Waals surface area (Å²) in [6, 6.07) is 2.49. The second kappa shape index (κ2) is 4.76. The lowest BCUT2D eigenvalue weighted by Gasteiger charge is -2.38. The third-order valence-electron chi connectivity index (χ3n) is 3.26. The van der Waals surface area contributed by atoms with Gasteiger partial charge in [-0.1, -0.05) is 0 Å². The number of nitrogens with two attached hydrogens (primary N) is 1. The van der Waals surface area contributed by atoms with Crippen LogP contribution in [0.5, 0.6) is 0 Å². The molecule has 0 spiro atoms. The molecule has 88 valence electrons. The number of nitrogens with zero attached hydrogens (tertiary/aromatic N) is 4. The molecule has 0 bridgehead atoms. The standard InChI is InChI=1S/C11H19N5/c1-9-8-16(6-5-15(9)2)11-10(7-12)3-4-13-14-11/h3-4,9H,5-8,12H2,1-2H3. The minimum atomic E-state index is 0.519. The van der Waals surface area contributed by atoms with Crippen molar-refractivity contribution < 1.29 is 0 Å². The predicted molar refractivity (Wildman–Crippen MR) is 64.2 cm³/mol. The van der Waals surface area contributed by atoms with Crippen LogP contribution in [0.25, 0.3) is 0 Å². The second-order valence-electron chi connectivity index (χ2n) is 4.36. The molecule has 0 aliphatic carbocycles. The number of rotatable bonds is 2. The van der Waals surface area contributed by atoms with Crippen LogP contribution < -0.4 is 10.6 Å². The minimum absolute atomic E-state index is 0.519. The summed E-state index contributed by atoms with van der Waals surface area (Å²) in [6.07, 6.45) is 1.70. The van der Waals surface area contributed by atoms with Gasteiger partial charge in [0.2, 0.25) is 0 Å². The molecule has 1 fully saturated rings. The number of piperazine rings is 1. The van der Waals surface area contributed by atoms with Gasteiger partial charge in [0.25, 0.3) is 0 Å². The monoisotopic (exact) mass is 221 g/mol. The Hall–Kier alpha value is -1.20. The van der Waals surface area contributed by atoms with E-state index in [9.17, 15) is 0 Å². The van der Waals surface area contributed by atoms with Crippen LogP contribution in [0.2, 0.25) is 0 Å². The third-order valence-corrected chi connectivity index (χ3v) is 3.26. The first kappa shape index (κ1) is 11.3. The summed E-state index contributed by atoms with van der Waals surface area (Å²) in [7, 11) is 2.16. The van der Waals surface area contributed by atoms with Gasteiger partial charge in [-0.2, -0.15) is 5.10 Å². The zero-order valence-corrected chi connectivity index (χ0v) is 9.93. The van der Waals surface area contributed by atoms with E-state index in [-0.39, 0.29) is 0 Å². The largest absolute Gasteiger partial charge is 0.352 e. The number of likely N-dealkylation sites (N-methyl/N-ethyl adjacent to an activating group) is 1. The fourth-order valence-electron chi connectivity index (χ4n) is 2.02. The summed E-state index contributed by atoms with van der Waals surface area (Å²) < 4.78 is 0. The second-order valence-corrected chi connectivity index (χ2v) is 4.36. The topological polar surface area (TPSA) is 58.3 Å². The molecule has 0 saturated carbocycles. The van der Waals surface area contributed by atoms with Gasteiger partial charge in [-0.25, -0.2) is 0 Å². The molecule has 5 nitrogen and oxygen atoms in total. The van der Waals surface area contributed by atoms with Crippen LogP contribution in [-0.4, -0.2) is 47.8 Å². The Kier molecular flexibility index (Phi) is 3.36. The quantitative estimate of drug-likeness (QED) is 0.766. The molecular weight excluding hydrogens is 202 g/mol. The van der Waals surface area contributed by atoms with Gasteiger partial charge in [0.15, 0.2) is 5.82 Å². The first-order chi connectivity index (χ1) is 7.72. The van der Waals surface area contributed by atoms with Gasteiger partial charge >= 0.3 is 0 Å². The van der Waals surface area contributed by atoms with Crippen molar-refractivity contribution in [3.05, 3.63) is 17.8 Å². The van der Waals surface area contributed by atoms with E-state index >= 15 is 0 Å². The molecule has 0 radical (unpaired) electrons. The smallest absolute Gasteiger partial charge is 0.155 e. The number of anilines is 1. The van der Waals surface area contributed by atoms with Crippen molar-refractivity contribution in [2.24, 2.45) is 5.73 Å². The fourth-order valence-corrected chi connectivity index (χ4v) is 2.02. The fraction of sp³-hybridized carbons (Fsp3) is 0.636. The van der Waals surface area contributed by atoms with Gasteiger partial charge in [-0.05, 0) is 20.0 Å². The van der Waals surface area contributed by atoms with Crippen LogP contribution in [0, 0.1) is 0 Å². The average molecular weight is 221 g/mol. The van der Waals surface area contributed by atoms with E-state index in [1.165, 1.54) is 0 Å². The molecule has 16 heavy (non-hydrogen) atoms. The first-order valence-electron chi connectivity index (χ1n) is 5.68. The van der Waals surface area contributed by atoms with Crippen molar-refractivity contribution in [3.8, 4) is 0 Å². The molecule has 1 aromatic heterocycles. The van der Waals surface area contributed by atoms with Crippen LogP contribution >= 0.6 is 0 Å². The van der Waals surface area contributed by atoms with Crippen LogP contribution in [0.15, 0.2) is 12.3 Å². The lowest BCUT2D eigenvalue weighted by molar-refractivity contribution is 0.233. The molecule has 0 aromatic carbocycles. The number of aromatic nitrogens is 2. The summed E-state index contributed by atoms with van der Waals surface area (Å²) in [5.74, 6) is 0.949. The molecule has 1 atom stereocenters. The van der Waals surface area contributed by atoms with Crippen molar-refractivity contribution >= 4 is 5.82 Å². The van der Waals surface area contributed by atoms with Crippen LogP contribution in [0.1, 0.15) is 12.5 Å². The maximum absolute atomic E-state index is 5.71. The van der Waals surface area contributed by atoms with E-state index in [1.807, 2.05) is 6.07 Å². The van der Waals surface area contributed by atoms with E-state index < -0.39 is 0 Å². The van der Waals surface area contributed by atoms with Gasteiger partial charge in [-0.3, -0.25) is 0 Å². The lowest BCUT2D eigenvalue weighted by atomic mass is 10.2. The Bertz CT molecular complexity index is 354. The van der Waals surface area contributed by atoms with Gasteiger partial charge in [0.05, 0.1) is 6.20 Å². The van der Waals surface area contributed by atoms with Crippen molar-refractivity contribution in [2.45, 2.75) is 19.5 Å². The molecule has 1 saturated heterocycles. The minimum Gasteiger partial charge on any atom is -0.352 e. The van der Waals surface area contributed by atoms with Crippen molar-refractivity contribution in [2.75, 3.05) is 31.6 Å². The maximum Gasteiger partial charge on any atom is 0.155 e.